The highest BCUT2D eigenvalue weighted by atomic mass is 32.2. The zero-order valence-electron chi connectivity index (χ0n) is 12.6. The first-order valence-corrected chi connectivity index (χ1v) is 8.36. The van der Waals surface area contributed by atoms with Gasteiger partial charge in [0.15, 0.2) is 0 Å². The summed E-state index contributed by atoms with van der Waals surface area (Å²) in [5.41, 5.74) is 3.73. The number of hydrogen-bond donors (Lipinski definition) is 1. The summed E-state index contributed by atoms with van der Waals surface area (Å²) in [6.07, 6.45) is 2.10. The third-order valence-corrected chi connectivity index (χ3v) is 4.65. The molecule has 2 aromatic carbocycles. The van der Waals surface area contributed by atoms with Crippen molar-refractivity contribution in [3.05, 3.63) is 60.3 Å². The lowest BCUT2D eigenvalue weighted by atomic mass is 10.2. The SMILES string of the molecule is CSc1ccc(NC(C)c2cc3ccccc3n2C)cc1. The van der Waals surface area contributed by atoms with Crippen LogP contribution < -0.4 is 5.32 Å². The molecule has 1 aromatic heterocycles. The van der Waals surface area contributed by atoms with Gasteiger partial charge in [0.05, 0.1) is 6.04 Å². The van der Waals surface area contributed by atoms with Crippen molar-refractivity contribution in [2.24, 2.45) is 7.05 Å². The second-order valence-corrected chi connectivity index (χ2v) is 6.16. The Morgan fingerprint density at radius 3 is 2.43 bits per heavy atom. The number of nitrogens with zero attached hydrogens (tertiary/aromatic N) is 1. The van der Waals surface area contributed by atoms with Crippen LogP contribution in [0.2, 0.25) is 0 Å². The van der Waals surface area contributed by atoms with Gasteiger partial charge in [0.1, 0.15) is 0 Å². The molecule has 0 saturated heterocycles. The van der Waals surface area contributed by atoms with E-state index in [1.165, 1.54) is 21.5 Å². The molecule has 0 bridgehead atoms. The van der Waals surface area contributed by atoms with Crippen molar-refractivity contribution in [1.29, 1.82) is 0 Å². The standard InChI is InChI=1S/C18H20N2S/c1-13(19-15-8-10-16(21-3)11-9-15)18-12-14-6-4-5-7-17(14)20(18)2/h4-13,19H,1-3H3. The quantitative estimate of drug-likeness (QED) is 0.677. The predicted octanol–water partition coefficient (Wildman–Crippen LogP) is 5.07. The number of aromatic nitrogens is 1. The van der Waals surface area contributed by atoms with E-state index in [1.54, 1.807) is 11.8 Å². The molecule has 1 unspecified atom stereocenters. The van der Waals surface area contributed by atoms with Gasteiger partial charge in [-0.3, -0.25) is 0 Å². The molecule has 108 valence electrons. The molecule has 3 aromatic rings. The fourth-order valence-electron chi connectivity index (χ4n) is 2.74. The van der Waals surface area contributed by atoms with Gasteiger partial charge in [-0.05, 0) is 55.0 Å². The summed E-state index contributed by atoms with van der Waals surface area (Å²) >= 11 is 1.77. The molecule has 3 rings (SSSR count). The van der Waals surface area contributed by atoms with Crippen LogP contribution in [0.1, 0.15) is 18.7 Å². The van der Waals surface area contributed by atoms with Crippen molar-refractivity contribution in [1.82, 2.24) is 4.57 Å². The van der Waals surface area contributed by atoms with Crippen LogP contribution >= 0.6 is 11.8 Å². The number of fused-ring (bicyclic) bond motifs is 1. The Labute approximate surface area is 130 Å². The molecule has 1 atom stereocenters. The molecule has 0 aliphatic heterocycles. The van der Waals surface area contributed by atoms with Crippen molar-refractivity contribution >= 4 is 28.4 Å². The maximum absolute atomic E-state index is 3.58. The minimum absolute atomic E-state index is 0.266. The highest BCUT2D eigenvalue weighted by Crippen LogP contribution is 2.26. The normalized spacial score (nSPS) is 12.5. The van der Waals surface area contributed by atoms with Crippen LogP contribution in [0.3, 0.4) is 0 Å². The molecule has 21 heavy (non-hydrogen) atoms. The first-order chi connectivity index (χ1) is 10.2. The smallest absolute Gasteiger partial charge is 0.0637 e. The molecule has 0 radical (unpaired) electrons. The van der Waals surface area contributed by atoms with Crippen LogP contribution in [0.4, 0.5) is 5.69 Å². The average Bonchev–Trinajstić information content (AvgIpc) is 2.86. The zero-order valence-corrected chi connectivity index (χ0v) is 13.4. The van der Waals surface area contributed by atoms with Crippen molar-refractivity contribution in [2.45, 2.75) is 17.9 Å². The molecular formula is C18H20N2S. The lowest BCUT2D eigenvalue weighted by Crippen LogP contribution is -2.10. The maximum atomic E-state index is 3.58. The van der Waals surface area contributed by atoms with E-state index in [1.807, 2.05) is 0 Å². The summed E-state index contributed by atoms with van der Waals surface area (Å²) in [6, 6.07) is 19.6. The molecular weight excluding hydrogens is 276 g/mol. The summed E-state index contributed by atoms with van der Waals surface area (Å²) in [6.45, 7) is 2.21. The van der Waals surface area contributed by atoms with Crippen molar-refractivity contribution in [3.63, 3.8) is 0 Å². The van der Waals surface area contributed by atoms with Gasteiger partial charge >= 0.3 is 0 Å². The van der Waals surface area contributed by atoms with Crippen molar-refractivity contribution in [3.8, 4) is 0 Å². The van der Waals surface area contributed by atoms with E-state index in [2.05, 4.69) is 84.7 Å². The monoisotopic (exact) mass is 296 g/mol. The molecule has 0 spiro atoms. The Hall–Kier alpha value is -1.87. The highest BCUT2D eigenvalue weighted by molar-refractivity contribution is 7.98. The summed E-state index contributed by atoms with van der Waals surface area (Å²) in [5, 5.41) is 4.87. The molecule has 3 heteroatoms. The molecule has 0 aliphatic carbocycles. The third-order valence-electron chi connectivity index (χ3n) is 3.91. The van der Waals surface area contributed by atoms with Crippen LogP contribution in [0.5, 0.6) is 0 Å². The van der Waals surface area contributed by atoms with Crippen LogP contribution in [0.15, 0.2) is 59.5 Å². The molecule has 0 fully saturated rings. The number of benzene rings is 2. The van der Waals surface area contributed by atoms with Crippen LogP contribution in [-0.4, -0.2) is 10.8 Å². The maximum Gasteiger partial charge on any atom is 0.0637 e. The Morgan fingerprint density at radius 2 is 1.76 bits per heavy atom. The third kappa shape index (κ3) is 2.79. The van der Waals surface area contributed by atoms with Crippen LogP contribution in [0.25, 0.3) is 10.9 Å². The van der Waals surface area contributed by atoms with E-state index in [-0.39, 0.29) is 6.04 Å². The van der Waals surface area contributed by atoms with Crippen molar-refractivity contribution < 1.29 is 0 Å². The number of thioether (sulfide) groups is 1. The lowest BCUT2D eigenvalue weighted by molar-refractivity contribution is 0.767. The minimum atomic E-state index is 0.266. The topological polar surface area (TPSA) is 17.0 Å². The second kappa shape index (κ2) is 5.86. The number of aryl methyl sites for hydroxylation is 1. The molecule has 1 N–H and O–H groups in total. The van der Waals surface area contributed by atoms with Gasteiger partial charge in [-0.2, -0.15) is 0 Å². The minimum Gasteiger partial charge on any atom is -0.377 e. The van der Waals surface area contributed by atoms with Gasteiger partial charge in [-0.1, -0.05) is 18.2 Å². The zero-order chi connectivity index (χ0) is 14.8. The Bertz CT molecular complexity index is 744. The van der Waals surface area contributed by atoms with Gasteiger partial charge in [0, 0.05) is 28.8 Å². The Balaban J connectivity index is 1.86. The fourth-order valence-corrected chi connectivity index (χ4v) is 3.15. The summed E-state index contributed by atoms with van der Waals surface area (Å²) in [4.78, 5) is 1.29. The van der Waals surface area contributed by atoms with Gasteiger partial charge in [-0.25, -0.2) is 0 Å². The highest BCUT2D eigenvalue weighted by Gasteiger charge is 2.12. The predicted molar refractivity (Wildman–Crippen MR) is 93.2 cm³/mol. The number of nitrogens with one attached hydrogen (secondary N) is 1. The van der Waals surface area contributed by atoms with Gasteiger partial charge in [0.25, 0.3) is 0 Å². The van der Waals surface area contributed by atoms with E-state index in [0.717, 1.165) is 5.69 Å². The van der Waals surface area contributed by atoms with E-state index < -0.39 is 0 Å². The van der Waals surface area contributed by atoms with Crippen molar-refractivity contribution in [2.75, 3.05) is 11.6 Å². The summed E-state index contributed by atoms with van der Waals surface area (Å²) < 4.78 is 2.27. The van der Waals surface area contributed by atoms with E-state index in [9.17, 15) is 0 Å². The first-order valence-electron chi connectivity index (χ1n) is 7.14. The Morgan fingerprint density at radius 1 is 1.05 bits per heavy atom. The second-order valence-electron chi connectivity index (χ2n) is 5.28. The Kier molecular flexibility index (Phi) is 3.93. The number of rotatable bonds is 4. The number of para-hydroxylation sites is 1. The molecule has 0 aliphatic rings. The molecule has 0 amide bonds. The van der Waals surface area contributed by atoms with Gasteiger partial charge in [0.2, 0.25) is 0 Å². The summed E-state index contributed by atoms with van der Waals surface area (Å²) in [5.74, 6) is 0. The molecule has 0 saturated carbocycles. The number of hydrogen-bond acceptors (Lipinski definition) is 2. The van der Waals surface area contributed by atoms with Crippen LogP contribution in [0, 0.1) is 0 Å². The molecule has 1 heterocycles. The average molecular weight is 296 g/mol. The van der Waals surface area contributed by atoms with Gasteiger partial charge in [-0.15, -0.1) is 11.8 Å². The van der Waals surface area contributed by atoms with E-state index in [4.69, 9.17) is 0 Å². The summed E-state index contributed by atoms with van der Waals surface area (Å²) in [7, 11) is 2.13. The van der Waals surface area contributed by atoms with E-state index in [0.29, 0.717) is 0 Å². The van der Waals surface area contributed by atoms with E-state index >= 15 is 0 Å². The number of anilines is 1. The van der Waals surface area contributed by atoms with Crippen LogP contribution in [-0.2, 0) is 7.05 Å². The molecule has 2 nitrogen and oxygen atoms in total. The fraction of sp³-hybridized carbons (Fsp3) is 0.222. The lowest BCUT2D eigenvalue weighted by Gasteiger charge is -2.17. The first kappa shape index (κ1) is 14.1. The van der Waals surface area contributed by atoms with Gasteiger partial charge < -0.3 is 9.88 Å². The largest absolute Gasteiger partial charge is 0.377 e.